The van der Waals surface area contributed by atoms with Gasteiger partial charge in [0.05, 0.1) is 11.3 Å². The molecule has 9 heteroatoms. The average molecular weight is 407 g/mol. The molecule has 1 fully saturated rings. The molecule has 29 heavy (non-hydrogen) atoms. The zero-order valence-electron chi connectivity index (χ0n) is 16.6. The van der Waals surface area contributed by atoms with Gasteiger partial charge in [0.1, 0.15) is 11.6 Å². The topological polar surface area (TPSA) is 61.4 Å². The largest absolute Gasteiger partial charge is 0.418 e. The summed E-state index contributed by atoms with van der Waals surface area (Å²) >= 11 is 0. The lowest BCUT2D eigenvalue weighted by atomic mass is 10.1. The maximum absolute atomic E-state index is 13.1. The van der Waals surface area contributed by atoms with E-state index in [2.05, 4.69) is 20.2 Å². The van der Waals surface area contributed by atoms with E-state index < -0.39 is 17.8 Å². The normalized spacial score (nSPS) is 15.0. The first-order valence-corrected chi connectivity index (χ1v) is 9.48. The summed E-state index contributed by atoms with van der Waals surface area (Å²) in [5.74, 6) is 1.78. The number of nitrogens with zero attached hydrogens (tertiary/aromatic N) is 4. The maximum atomic E-state index is 13.1. The second-order valence-corrected chi connectivity index (χ2v) is 7.33. The van der Waals surface area contributed by atoms with E-state index >= 15 is 0 Å². The first-order valence-electron chi connectivity index (χ1n) is 9.48. The van der Waals surface area contributed by atoms with Gasteiger partial charge in [-0.25, -0.2) is 14.8 Å². The zero-order valence-corrected chi connectivity index (χ0v) is 16.6. The molecule has 0 radical (unpaired) electrons. The van der Waals surface area contributed by atoms with Crippen LogP contribution in [0.5, 0.6) is 0 Å². The Bertz CT molecular complexity index is 877. The van der Waals surface area contributed by atoms with Crippen molar-refractivity contribution in [1.82, 2.24) is 14.9 Å². The number of anilines is 2. The number of halogens is 3. The Hall–Kier alpha value is -2.84. The fraction of sp³-hybridized carbons (Fsp3) is 0.450. The molecular formula is C20H24F3N5O. The average Bonchev–Trinajstić information content (AvgIpc) is 2.67. The van der Waals surface area contributed by atoms with Gasteiger partial charge in [-0.05, 0) is 19.1 Å². The lowest BCUT2D eigenvalue weighted by molar-refractivity contribution is -0.136. The second-order valence-electron chi connectivity index (χ2n) is 7.33. The molecule has 1 aliphatic rings. The van der Waals surface area contributed by atoms with Crippen LogP contribution in [0, 0.1) is 6.92 Å². The predicted octanol–water partition coefficient (Wildman–Crippen LogP) is 4.28. The van der Waals surface area contributed by atoms with Gasteiger partial charge < -0.3 is 15.1 Å². The number of para-hydroxylation sites is 1. The van der Waals surface area contributed by atoms with Crippen LogP contribution in [0.2, 0.25) is 0 Å². The third kappa shape index (κ3) is 4.96. The minimum Gasteiger partial charge on any atom is -0.353 e. The number of benzene rings is 1. The monoisotopic (exact) mass is 407 g/mol. The Kier molecular flexibility index (Phi) is 5.95. The van der Waals surface area contributed by atoms with Crippen molar-refractivity contribution in [3.05, 3.63) is 47.4 Å². The highest BCUT2D eigenvalue weighted by atomic mass is 19.4. The van der Waals surface area contributed by atoms with Crippen molar-refractivity contribution in [3.8, 4) is 0 Å². The summed E-state index contributed by atoms with van der Waals surface area (Å²) in [7, 11) is 0. The van der Waals surface area contributed by atoms with E-state index in [-0.39, 0.29) is 11.6 Å². The number of rotatable bonds is 3. The number of nitrogens with one attached hydrogen (secondary N) is 1. The number of alkyl halides is 3. The van der Waals surface area contributed by atoms with Crippen LogP contribution >= 0.6 is 0 Å². The summed E-state index contributed by atoms with van der Waals surface area (Å²) in [6, 6.07) is 6.34. The molecular weight excluding hydrogens is 383 g/mol. The van der Waals surface area contributed by atoms with Gasteiger partial charge in [0, 0.05) is 43.9 Å². The SMILES string of the molecule is Cc1cc(N2CCN(C(=O)Nc3ccccc3C(F)(F)F)CC2)nc(C(C)C)n1. The van der Waals surface area contributed by atoms with E-state index in [0.29, 0.717) is 26.2 Å². The van der Waals surface area contributed by atoms with Crippen LogP contribution in [0.3, 0.4) is 0 Å². The highest BCUT2D eigenvalue weighted by molar-refractivity contribution is 5.90. The molecule has 6 nitrogen and oxygen atoms in total. The third-order valence-electron chi connectivity index (χ3n) is 4.74. The molecule has 156 valence electrons. The molecule has 0 aliphatic carbocycles. The van der Waals surface area contributed by atoms with E-state index in [1.54, 1.807) is 0 Å². The molecule has 0 atom stereocenters. The fourth-order valence-electron chi connectivity index (χ4n) is 3.17. The predicted molar refractivity (Wildman–Crippen MR) is 105 cm³/mol. The summed E-state index contributed by atoms with van der Waals surface area (Å²) in [4.78, 5) is 25.1. The second kappa shape index (κ2) is 8.26. The van der Waals surface area contributed by atoms with Gasteiger partial charge in [-0.1, -0.05) is 26.0 Å². The summed E-state index contributed by atoms with van der Waals surface area (Å²) < 4.78 is 39.4. The van der Waals surface area contributed by atoms with Crippen LogP contribution in [0.25, 0.3) is 0 Å². The minimum absolute atomic E-state index is 0.203. The maximum Gasteiger partial charge on any atom is 0.418 e. The van der Waals surface area contributed by atoms with Gasteiger partial charge in [-0.2, -0.15) is 13.2 Å². The van der Waals surface area contributed by atoms with E-state index in [0.717, 1.165) is 23.4 Å². The lowest BCUT2D eigenvalue weighted by Gasteiger charge is -2.35. The molecule has 0 bridgehead atoms. The van der Waals surface area contributed by atoms with Crippen LogP contribution in [-0.4, -0.2) is 47.1 Å². The highest BCUT2D eigenvalue weighted by Gasteiger charge is 2.34. The van der Waals surface area contributed by atoms with Crippen LogP contribution in [0.4, 0.5) is 29.5 Å². The molecule has 0 spiro atoms. The number of carbonyl (C=O) groups excluding carboxylic acids is 1. The quantitative estimate of drug-likeness (QED) is 0.825. The Morgan fingerprint density at radius 2 is 1.76 bits per heavy atom. The van der Waals surface area contributed by atoms with Crippen LogP contribution < -0.4 is 10.2 Å². The number of urea groups is 1. The molecule has 0 saturated carbocycles. The number of hydrogen-bond acceptors (Lipinski definition) is 4. The van der Waals surface area contributed by atoms with Crippen LogP contribution in [0.1, 0.15) is 36.8 Å². The molecule has 1 aromatic carbocycles. The van der Waals surface area contributed by atoms with Gasteiger partial charge in [0.25, 0.3) is 0 Å². The highest BCUT2D eigenvalue weighted by Crippen LogP contribution is 2.34. The number of amides is 2. The van der Waals surface area contributed by atoms with Crippen molar-refractivity contribution in [2.75, 3.05) is 36.4 Å². The minimum atomic E-state index is -4.53. The Balaban J connectivity index is 1.65. The Morgan fingerprint density at radius 3 is 2.38 bits per heavy atom. The first kappa shape index (κ1) is 20.9. The third-order valence-corrected chi connectivity index (χ3v) is 4.74. The Labute approximate surface area is 167 Å². The molecule has 1 aromatic heterocycles. The Morgan fingerprint density at radius 1 is 1.10 bits per heavy atom. The van der Waals surface area contributed by atoms with Crippen LogP contribution in [-0.2, 0) is 6.18 Å². The van der Waals surface area contributed by atoms with Crippen molar-refractivity contribution < 1.29 is 18.0 Å². The van der Waals surface area contributed by atoms with Crippen molar-refractivity contribution in [3.63, 3.8) is 0 Å². The number of aromatic nitrogens is 2. The van der Waals surface area contributed by atoms with Gasteiger partial charge in [0.15, 0.2) is 0 Å². The molecule has 2 aromatic rings. The van der Waals surface area contributed by atoms with E-state index in [4.69, 9.17) is 0 Å². The van der Waals surface area contributed by atoms with Crippen molar-refractivity contribution in [1.29, 1.82) is 0 Å². The molecule has 1 aliphatic heterocycles. The first-order chi connectivity index (χ1) is 13.6. The number of aryl methyl sites for hydroxylation is 1. The number of hydrogen-bond donors (Lipinski definition) is 1. The summed E-state index contributed by atoms with van der Waals surface area (Å²) in [6.07, 6.45) is -4.53. The summed E-state index contributed by atoms with van der Waals surface area (Å²) in [5, 5.41) is 2.40. The lowest BCUT2D eigenvalue weighted by Crippen LogP contribution is -2.50. The summed E-state index contributed by atoms with van der Waals surface area (Å²) in [5.41, 5.74) is -0.215. The molecule has 1 saturated heterocycles. The molecule has 2 heterocycles. The molecule has 0 unspecified atom stereocenters. The smallest absolute Gasteiger partial charge is 0.353 e. The van der Waals surface area contributed by atoms with Gasteiger partial charge in [-0.15, -0.1) is 0 Å². The zero-order chi connectivity index (χ0) is 21.2. The van der Waals surface area contributed by atoms with Crippen molar-refractivity contribution in [2.45, 2.75) is 32.9 Å². The van der Waals surface area contributed by atoms with Gasteiger partial charge in [-0.3, -0.25) is 0 Å². The number of carbonyl (C=O) groups is 1. The van der Waals surface area contributed by atoms with E-state index in [1.807, 2.05) is 26.8 Å². The number of piperazine rings is 1. The molecule has 2 amide bonds. The van der Waals surface area contributed by atoms with Crippen LogP contribution in [0.15, 0.2) is 30.3 Å². The fourth-order valence-corrected chi connectivity index (χ4v) is 3.17. The summed E-state index contributed by atoms with van der Waals surface area (Å²) in [6.45, 7) is 7.84. The van der Waals surface area contributed by atoms with Gasteiger partial charge in [0.2, 0.25) is 0 Å². The van der Waals surface area contributed by atoms with Crippen molar-refractivity contribution >= 4 is 17.5 Å². The van der Waals surface area contributed by atoms with E-state index in [9.17, 15) is 18.0 Å². The van der Waals surface area contributed by atoms with Crippen molar-refractivity contribution in [2.24, 2.45) is 0 Å². The van der Waals surface area contributed by atoms with Gasteiger partial charge >= 0.3 is 12.2 Å². The molecule has 3 rings (SSSR count). The molecule has 1 N–H and O–H groups in total. The van der Waals surface area contributed by atoms with E-state index in [1.165, 1.54) is 23.1 Å². The standard InChI is InChI=1S/C20H24F3N5O/c1-13(2)18-24-14(3)12-17(26-18)27-8-10-28(11-9-27)19(29)25-16-7-5-4-6-15(16)20(21,22)23/h4-7,12-13H,8-11H2,1-3H3,(H,25,29).